The summed E-state index contributed by atoms with van der Waals surface area (Å²) in [5.74, 6) is -0.386. The highest BCUT2D eigenvalue weighted by molar-refractivity contribution is 9.10. The predicted octanol–water partition coefficient (Wildman–Crippen LogP) is 2.56. The van der Waals surface area contributed by atoms with E-state index >= 15 is 0 Å². The second-order valence-corrected chi connectivity index (χ2v) is 4.26. The number of hydrogen-bond acceptors (Lipinski definition) is 6. The first kappa shape index (κ1) is 13.6. The Kier molecular flexibility index (Phi) is 3.60. The van der Waals surface area contributed by atoms with Gasteiger partial charge in [0.2, 0.25) is 0 Å². The fourth-order valence-electron chi connectivity index (χ4n) is 1.38. The third-order valence-electron chi connectivity index (χ3n) is 2.13. The standard InChI is InChI=1S/C9H6BrF3N4O2/c10-6-3-5(17-8(4-18)14-15-16-17)1-2-7(6)19-9(11,12)13/h1-4,8H,(H,14,16). The van der Waals surface area contributed by atoms with E-state index in [2.05, 4.69) is 36.5 Å². The third-order valence-corrected chi connectivity index (χ3v) is 2.75. The van der Waals surface area contributed by atoms with Crippen LogP contribution in [0.25, 0.3) is 0 Å². The van der Waals surface area contributed by atoms with Crippen molar-refractivity contribution in [1.29, 1.82) is 0 Å². The second-order valence-electron chi connectivity index (χ2n) is 3.41. The number of carbonyl (C=O) groups excluding carboxylic acids is 1. The summed E-state index contributed by atoms with van der Waals surface area (Å²) in [6.45, 7) is 0. The Hall–Kier alpha value is -1.84. The van der Waals surface area contributed by atoms with Gasteiger partial charge in [0.25, 0.3) is 0 Å². The molecule has 0 fully saturated rings. The molecule has 0 aromatic heterocycles. The van der Waals surface area contributed by atoms with Gasteiger partial charge in [-0.2, -0.15) is 0 Å². The number of hydrogen-bond donors (Lipinski definition) is 1. The van der Waals surface area contributed by atoms with Gasteiger partial charge in [-0.05, 0) is 39.4 Å². The van der Waals surface area contributed by atoms with Crippen molar-refractivity contribution < 1.29 is 22.7 Å². The molecular weight excluding hydrogens is 333 g/mol. The Labute approximate surface area is 113 Å². The van der Waals surface area contributed by atoms with E-state index < -0.39 is 12.5 Å². The minimum absolute atomic E-state index is 0.0778. The fraction of sp³-hybridized carbons (Fsp3) is 0.222. The van der Waals surface area contributed by atoms with Crippen LogP contribution in [0, 0.1) is 0 Å². The number of benzene rings is 1. The van der Waals surface area contributed by atoms with Crippen LogP contribution in [0.15, 0.2) is 33.1 Å². The lowest BCUT2D eigenvalue weighted by Crippen LogP contribution is -2.36. The van der Waals surface area contributed by atoms with Gasteiger partial charge in [0.05, 0.1) is 10.2 Å². The van der Waals surface area contributed by atoms with E-state index in [0.717, 1.165) is 6.07 Å². The summed E-state index contributed by atoms with van der Waals surface area (Å²) in [4.78, 5) is 10.7. The van der Waals surface area contributed by atoms with Crippen molar-refractivity contribution >= 4 is 27.9 Å². The Morgan fingerprint density at radius 3 is 2.79 bits per heavy atom. The number of anilines is 1. The molecule has 6 nitrogen and oxygen atoms in total. The summed E-state index contributed by atoms with van der Waals surface area (Å²) >= 11 is 2.96. The van der Waals surface area contributed by atoms with Crippen LogP contribution in [0.3, 0.4) is 0 Å². The molecule has 0 aliphatic carbocycles. The van der Waals surface area contributed by atoms with Crippen molar-refractivity contribution in [3.63, 3.8) is 0 Å². The molecule has 0 spiro atoms. The average molecular weight is 339 g/mol. The first-order chi connectivity index (χ1) is 8.90. The molecule has 0 amide bonds. The highest BCUT2D eigenvalue weighted by Gasteiger charge is 2.32. The zero-order valence-electron chi connectivity index (χ0n) is 9.06. The van der Waals surface area contributed by atoms with Crippen LogP contribution in [0.2, 0.25) is 0 Å². The first-order valence-electron chi connectivity index (χ1n) is 4.87. The van der Waals surface area contributed by atoms with Crippen molar-refractivity contribution in [1.82, 2.24) is 5.43 Å². The normalized spacial score (nSPS) is 18.3. The molecule has 1 aromatic carbocycles. The Morgan fingerprint density at radius 1 is 1.47 bits per heavy atom. The number of alkyl halides is 3. The molecule has 2 rings (SSSR count). The molecule has 1 atom stereocenters. The summed E-state index contributed by atoms with van der Waals surface area (Å²) < 4.78 is 40.2. The number of ether oxygens (including phenoxy) is 1. The van der Waals surface area contributed by atoms with Gasteiger partial charge < -0.3 is 4.74 Å². The number of aldehydes is 1. The minimum atomic E-state index is -4.77. The van der Waals surface area contributed by atoms with E-state index in [9.17, 15) is 18.0 Å². The predicted molar refractivity (Wildman–Crippen MR) is 61.1 cm³/mol. The lowest BCUT2D eigenvalue weighted by Gasteiger charge is -2.18. The van der Waals surface area contributed by atoms with E-state index in [1.54, 1.807) is 0 Å². The Balaban J connectivity index is 2.24. The summed E-state index contributed by atoms with van der Waals surface area (Å²) in [5.41, 5.74) is 2.80. The molecule has 0 saturated heterocycles. The van der Waals surface area contributed by atoms with Crippen LogP contribution in [-0.4, -0.2) is 18.8 Å². The molecule has 1 unspecified atom stereocenters. The number of halogens is 4. The maximum absolute atomic E-state index is 12.1. The summed E-state index contributed by atoms with van der Waals surface area (Å²) in [6, 6.07) is 3.78. The number of nitrogens with zero attached hydrogens (tertiary/aromatic N) is 3. The smallest absolute Gasteiger partial charge is 0.405 e. The number of nitrogens with one attached hydrogen (secondary N) is 1. The molecule has 1 N–H and O–H groups in total. The van der Waals surface area contributed by atoms with Crippen LogP contribution in [0.1, 0.15) is 0 Å². The third kappa shape index (κ3) is 3.13. The van der Waals surface area contributed by atoms with Gasteiger partial charge in [0, 0.05) is 0 Å². The molecule has 1 aliphatic rings. The number of carbonyl (C=O) groups is 1. The summed E-state index contributed by atoms with van der Waals surface area (Å²) in [6.07, 6.45) is -5.00. The van der Waals surface area contributed by atoms with Gasteiger partial charge in [-0.15, -0.1) is 13.2 Å². The van der Waals surface area contributed by atoms with Crippen LogP contribution in [-0.2, 0) is 4.79 Å². The van der Waals surface area contributed by atoms with Crippen LogP contribution < -0.4 is 15.2 Å². The minimum Gasteiger partial charge on any atom is -0.405 e. The van der Waals surface area contributed by atoms with Crippen LogP contribution >= 0.6 is 15.9 Å². The quantitative estimate of drug-likeness (QED) is 0.860. The molecule has 1 aromatic rings. The van der Waals surface area contributed by atoms with Gasteiger partial charge in [0.15, 0.2) is 12.5 Å². The average Bonchev–Trinajstić information content (AvgIpc) is 2.78. The zero-order chi connectivity index (χ0) is 14.0. The Morgan fingerprint density at radius 2 is 2.21 bits per heavy atom. The van der Waals surface area contributed by atoms with Gasteiger partial charge in [-0.3, -0.25) is 10.2 Å². The second kappa shape index (κ2) is 5.03. The fourth-order valence-corrected chi connectivity index (χ4v) is 1.83. The van der Waals surface area contributed by atoms with E-state index in [0.29, 0.717) is 12.0 Å². The molecule has 0 radical (unpaired) electrons. The molecule has 102 valence electrons. The van der Waals surface area contributed by atoms with Crippen molar-refractivity contribution in [3.05, 3.63) is 22.7 Å². The molecular formula is C9H6BrF3N4O2. The van der Waals surface area contributed by atoms with Gasteiger partial charge >= 0.3 is 6.36 Å². The molecule has 1 heterocycles. The highest BCUT2D eigenvalue weighted by atomic mass is 79.9. The zero-order valence-corrected chi connectivity index (χ0v) is 10.6. The van der Waals surface area contributed by atoms with Gasteiger partial charge in [0.1, 0.15) is 5.75 Å². The largest absolute Gasteiger partial charge is 0.573 e. The van der Waals surface area contributed by atoms with Crippen LogP contribution in [0.5, 0.6) is 5.75 Å². The lowest BCUT2D eigenvalue weighted by atomic mass is 10.3. The SMILES string of the molecule is O=CC1NN=NN1c1ccc(OC(F)(F)F)c(Br)c1. The molecule has 1 aliphatic heterocycles. The van der Waals surface area contributed by atoms with Gasteiger partial charge in [-0.25, -0.2) is 5.01 Å². The molecule has 10 heteroatoms. The monoisotopic (exact) mass is 338 g/mol. The van der Waals surface area contributed by atoms with Crippen molar-refractivity contribution in [2.24, 2.45) is 10.4 Å². The van der Waals surface area contributed by atoms with Crippen molar-refractivity contribution in [2.45, 2.75) is 12.5 Å². The molecule has 0 bridgehead atoms. The van der Waals surface area contributed by atoms with E-state index in [1.165, 1.54) is 17.1 Å². The lowest BCUT2D eigenvalue weighted by molar-refractivity contribution is -0.274. The van der Waals surface area contributed by atoms with Crippen molar-refractivity contribution in [2.75, 3.05) is 5.01 Å². The van der Waals surface area contributed by atoms with E-state index in [4.69, 9.17) is 0 Å². The maximum Gasteiger partial charge on any atom is 0.573 e. The molecule has 19 heavy (non-hydrogen) atoms. The number of rotatable bonds is 3. The van der Waals surface area contributed by atoms with Gasteiger partial charge in [-0.1, -0.05) is 5.22 Å². The maximum atomic E-state index is 12.1. The van der Waals surface area contributed by atoms with E-state index in [1.807, 2.05) is 0 Å². The summed E-state index contributed by atoms with van der Waals surface area (Å²) in [5, 5.41) is 8.30. The first-order valence-corrected chi connectivity index (χ1v) is 5.66. The molecule has 0 saturated carbocycles. The highest BCUT2D eigenvalue weighted by Crippen LogP contribution is 2.34. The van der Waals surface area contributed by atoms with Crippen molar-refractivity contribution in [3.8, 4) is 5.75 Å². The Bertz CT molecular complexity index is 523. The summed E-state index contributed by atoms with van der Waals surface area (Å²) in [7, 11) is 0. The van der Waals surface area contributed by atoms with Crippen LogP contribution in [0.4, 0.5) is 18.9 Å². The van der Waals surface area contributed by atoms with E-state index in [-0.39, 0.29) is 10.2 Å². The topological polar surface area (TPSA) is 66.3 Å².